The number of hydrogen-bond donors (Lipinski definition) is 1. The van der Waals surface area contributed by atoms with Crippen LogP contribution in [-0.4, -0.2) is 28.9 Å². The monoisotopic (exact) mass is 429 g/mol. The lowest BCUT2D eigenvalue weighted by molar-refractivity contribution is -0.138. The van der Waals surface area contributed by atoms with Crippen molar-refractivity contribution in [3.63, 3.8) is 0 Å². The molecular weight excluding hydrogens is 401 g/mol. The molecule has 27 heavy (non-hydrogen) atoms. The molecule has 1 aromatic carbocycles. The molecule has 1 aliphatic heterocycles. The van der Waals surface area contributed by atoms with Crippen LogP contribution in [0.25, 0.3) is 0 Å². The van der Waals surface area contributed by atoms with Gasteiger partial charge in [-0.05, 0) is 31.2 Å². The van der Waals surface area contributed by atoms with Gasteiger partial charge in [0.2, 0.25) is 5.91 Å². The Bertz CT molecular complexity index is 734. The maximum Gasteiger partial charge on any atom is 0.246 e. The van der Waals surface area contributed by atoms with E-state index in [9.17, 15) is 4.79 Å². The zero-order valence-corrected chi connectivity index (χ0v) is 18.5. The summed E-state index contributed by atoms with van der Waals surface area (Å²) in [7, 11) is 0. The highest BCUT2D eigenvalue weighted by Gasteiger charge is 2.37. The standard InChI is InChI=1S/C20H27N3OS.2ClH/c1-14(2)17-13-25-18(22-17)15-8-7-11-23(12-15)19(24)20(3,21)16-9-5-4-6-10-16;;/h4-6,9-10,13-15H,7-8,11-12,21H2,1-3H3;2*1H. The highest BCUT2D eigenvalue weighted by atomic mass is 35.5. The summed E-state index contributed by atoms with van der Waals surface area (Å²) in [6.07, 6.45) is 2.08. The van der Waals surface area contributed by atoms with Crippen LogP contribution in [0.15, 0.2) is 35.7 Å². The van der Waals surface area contributed by atoms with Crippen molar-refractivity contribution in [1.82, 2.24) is 9.88 Å². The van der Waals surface area contributed by atoms with Crippen molar-refractivity contribution in [3.8, 4) is 0 Å². The Morgan fingerprint density at radius 2 is 1.96 bits per heavy atom. The van der Waals surface area contributed by atoms with Gasteiger partial charge in [-0.3, -0.25) is 4.79 Å². The number of amides is 1. The fraction of sp³-hybridized carbons (Fsp3) is 0.500. The van der Waals surface area contributed by atoms with Crippen LogP contribution < -0.4 is 5.73 Å². The SMILES string of the molecule is CC(C)c1csc(C2CCCN(C(=O)C(C)(N)c3ccccc3)C2)n1.Cl.Cl. The van der Waals surface area contributed by atoms with Crippen molar-refractivity contribution in [3.05, 3.63) is 52.0 Å². The normalized spacial score (nSPS) is 19.0. The molecule has 150 valence electrons. The van der Waals surface area contributed by atoms with E-state index in [1.807, 2.05) is 42.2 Å². The lowest BCUT2D eigenvalue weighted by Crippen LogP contribution is -2.53. The first-order chi connectivity index (χ1) is 11.9. The molecule has 3 rings (SSSR count). The first-order valence-electron chi connectivity index (χ1n) is 8.98. The molecule has 0 radical (unpaired) electrons. The van der Waals surface area contributed by atoms with Crippen LogP contribution in [0.2, 0.25) is 0 Å². The Hall–Kier alpha value is -1.14. The van der Waals surface area contributed by atoms with Crippen molar-refractivity contribution in [1.29, 1.82) is 0 Å². The smallest absolute Gasteiger partial charge is 0.246 e. The Balaban J connectivity index is 0.00000182. The lowest BCUT2D eigenvalue weighted by atomic mass is 9.89. The van der Waals surface area contributed by atoms with E-state index in [4.69, 9.17) is 10.7 Å². The number of carbonyl (C=O) groups excluding carboxylic acids is 1. The average molecular weight is 430 g/mol. The minimum atomic E-state index is -0.991. The molecule has 0 aliphatic carbocycles. The Kier molecular flexibility index (Phi) is 8.74. The van der Waals surface area contributed by atoms with Crippen LogP contribution in [0, 0.1) is 0 Å². The third kappa shape index (κ3) is 5.23. The number of thiazole rings is 1. The summed E-state index contributed by atoms with van der Waals surface area (Å²) in [5.74, 6) is 0.766. The molecule has 1 aliphatic rings. The van der Waals surface area contributed by atoms with Gasteiger partial charge in [0, 0.05) is 24.4 Å². The fourth-order valence-corrected chi connectivity index (χ4v) is 4.46. The minimum absolute atomic E-state index is 0. The van der Waals surface area contributed by atoms with Gasteiger partial charge < -0.3 is 10.6 Å². The van der Waals surface area contributed by atoms with Crippen molar-refractivity contribution >= 4 is 42.1 Å². The van der Waals surface area contributed by atoms with Crippen LogP contribution in [0.1, 0.15) is 61.7 Å². The van der Waals surface area contributed by atoms with Crippen LogP contribution in [-0.2, 0) is 10.3 Å². The summed E-state index contributed by atoms with van der Waals surface area (Å²) < 4.78 is 0. The summed E-state index contributed by atoms with van der Waals surface area (Å²) in [6.45, 7) is 7.62. The van der Waals surface area contributed by atoms with Gasteiger partial charge in [-0.2, -0.15) is 0 Å². The molecule has 0 spiro atoms. The van der Waals surface area contributed by atoms with E-state index in [1.165, 1.54) is 0 Å². The van der Waals surface area contributed by atoms with Gasteiger partial charge in [0.15, 0.2) is 0 Å². The molecule has 1 aromatic heterocycles. The number of likely N-dealkylation sites (tertiary alicyclic amines) is 1. The molecule has 0 saturated carbocycles. The number of halogens is 2. The predicted molar refractivity (Wildman–Crippen MR) is 117 cm³/mol. The molecule has 2 heterocycles. The molecule has 1 saturated heterocycles. The van der Waals surface area contributed by atoms with Gasteiger partial charge in [0.05, 0.1) is 10.7 Å². The Labute approximate surface area is 178 Å². The number of nitrogens with two attached hydrogens (primary N) is 1. The van der Waals surface area contributed by atoms with Crippen molar-refractivity contribution in [2.45, 2.75) is 51.0 Å². The second kappa shape index (κ2) is 9.87. The Morgan fingerprint density at radius 1 is 1.30 bits per heavy atom. The molecule has 1 fully saturated rings. The largest absolute Gasteiger partial charge is 0.340 e. The third-order valence-corrected chi connectivity index (χ3v) is 6.03. The molecular formula is C20H29Cl2N3OS. The first-order valence-corrected chi connectivity index (χ1v) is 9.86. The first kappa shape index (κ1) is 23.9. The molecule has 2 unspecified atom stereocenters. The summed E-state index contributed by atoms with van der Waals surface area (Å²) in [5, 5.41) is 3.30. The second-order valence-corrected chi connectivity index (χ2v) is 8.31. The molecule has 1 amide bonds. The molecule has 7 heteroatoms. The number of hydrogen-bond acceptors (Lipinski definition) is 4. The number of benzene rings is 1. The fourth-order valence-electron chi connectivity index (χ4n) is 3.35. The average Bonchev–Trinajstić information content (AvgIpc) is 3.12. The van der Waals surface area contributed by atoms with Crippen LogP contribution in [0.3, 0.4) is 0 Å². The van der Waals surface area contributed by atoms with Gasteiger partial charge in [0.1, 0.15) is 5.54 Å². The summed E-state index contributed by atoms with van der Waals surface area (Å²) in [6, 6.07) is 9.64. The summed E-state index contributed by atoms with van der Waals surface area (Å²) >= 11 is 1.72. The molecule has 4 nitrogen and oxygen atoms in total. The highest BCUT2D eigenvalue weighted by molar-refractivity contribution is 7.09. The van der Waals surface area contributed by atoms with Gasteiger partial charge >= 0.3 is 0 Å². The Morgan fingerprint density at radius 3 is 2.56 bits per heavy atom. The van der Waals surface area contributed by atoms with Crippen LogP contribution in [0.5, 0.6) is 0 Å². The van der Waals surface area contributed by atoms with Crippen molar-refractivity contribution in [2.24, 2.45) is 5.73 Å². The zero-order chi connectivity index (χ0) is 18.0. The van der Waals surface area contributed by atoms with E-state index >= 15 is 0 Å². The van der Waals surface area contributed by atoms with Crippen molar-refractivity contribution in [2.75, 3.05) is 13.1 Å². The highest BCUT2D eigenvalue weighted by Crippen LogP contribution is 2.32. The van der Waals surface area contributed by atoms with E-state index in [2.05, 4.69) is 19.2 Å². The van der Waals surface area contributed by atoms with E-state index in [-0.39, 0.29) is 30.7 Å². The molecule has 2 N–H and O–H groups in total. The number of nitrogens with zero attached hydrogens (tertiary/aromatic N) is 2. The molecule has 2 aromatic rings. The van der Waals surface area contributed by atoms with Gasteiger partial charge in [-0.25, -0.2) is 4.98 Å². The predicted octanol–water partition coefficient (Wildman–Crippen LogP) is 4.69. The van der Waals surface area contributed by atoms with Gasteiger partial charge in [-0.15, -0.1) is 36.2 Å². The zero-order valence-electron chi connectivity index (χ0n) is 16.1. The summed E-state index contributed by atoms with van der Waals surface area (Å²) in [5.41, 5.74) is 7.45. The summed E-state index contributed by atoms with van der Waals surface area (Å²) in [4.78, 5) is 19.8. The number of aromatic nitrogens is 1. The lowest BCUT2D eigenvalue weighted by Gasteiger charge is -2.37. The van der Waals surface area contributed by atoms with Gasteiger partial charge in [0.25, 0.3) is 0 Å². The van der Waals surface area contributed by atoms with E-state index in [0.717, 1.165) is 35.7 Å². The maximum absolute atomic E-state index is 13.1. The molecule has 0 bridgehead atoms. The second-order valence-electron chi connectivity index (χ2n) is 7.42. The molecule has 2 atom stereocenters. The quantitative estimate of drug-likeness (QED) is 0.766. The minimum Gasteiger partial charge on any atom is -0.340 e. The number of rotatable bonds is 4. The van der Waals surface area contributed by atoms with Gasteiger partial charge in [-0.1, -0.05) is 44.2 Å². The van der Waals surface area contributed by atoms with Crippen molar-refractivity contribution < 1.29 is 4.79 Å². The van der Waals surface area contributed by atoms with E-state index in [0.29, 0.717) is 18.4 Å². The maximum atomic E-state index is 13.1. The number of piperidine rings is 1. The topological polar surface area (TPSA) is 59.2 Å². The van der Waals surface area contributed by atoms with E-state index < -0.39 is 5.54 Å². The number of carbonyl (C=O) groups is 1. The third-order valence-electron chi connectivity index (χ3n) is 5.01. The van der Waals surface area contributed by atoms with E-state index in [1.54, 1.807) is 11.3 Å². The van der Waals surface area contributed by atoms with Crippen LogP contribution in [0.4, 0.5) is 0 Å². The van der Waals surface area contributed by atoms with Crippen LogP contribution >= 0.6 is 36.2 Å².